The third kappa shape index (κ3) is 12.0. The van der Waals surface area contributed by atoms with Crippen molar-refractivity contribution in [1.29, 1.82) is 0 Å². The van der Waals surface area contributed by atoms with Crippen molar-refractivity contribution in [2.75, 3.05) is 7.11 Å². The van der Waals surface area contributed by atoms with E-state index in [1.54, 1.807) is 31.4 Å². The van der Waals surface area contributed by atoms with Crippen LogP contribution in [0.25, 0.3) is 6.08 Å². The summed E-state index contributed by atoms with van der Waals surface area (Å²) in [6, 6.07) is 7.19. The minimum atomic E-state index is -0.616. The average molecular weight is 599 g/mol. The normalized spacial score (nSPS) is 13.1. The van der Waals surface area contributed by atoms with Crippen LogP contribution in [-0.2, 0) is 0 Å². The lowest BCUT2D eigenvalue weighted by Crippen LogP contribution is -2.28. The highest BCUT2D eigenvalue weighted by atomic mass is 16.5. The monoisotopic (exact) mass is 598 g/mol. The zero-order valence-corrected chi connectivity index (χ0v) is 29.3. The first-order valence-electron chi connectivity index (χ1n) is 14.8. The maximum absolute atomic E-state index is 14.2. The smallest absolute Gasteiger partial charge is 0.193 e. The van der Waals surface area contributed by atoms with Crippen LogP contribution in [0.15, 0.2) is 30.3 Å². The van der Waals surface area contributed by atoms with Gasteiger partial charge in [0.05, 0.1) is 7.11 Å². The van der Waals surface area contributed by atoms with Crippen molar-refractivity contribution in [3.63, 3.8) is 0 Å². The van der Waals surface area contributed by atoms with E-state index in [9.17, 15) is 4.79 Å². The summed E-state index contributed by atoms with van der Waals surface area (Å²) >= 11 is 0. The SMILES string of the molecule is COc1cc(OC(C)(C)C)cc(C=CC(=O)c2c(OC(C)(C)C)ccc(OC(C)(C)C)c2OC(C)(C)C)c1OC(C)(C)C. The minimum absolute atomic E-state index is 0.273. The Bertz CT molecular complexity index is 1300. The average Bonchev–Trinajstić information content (AvgIpc) is 2.75. The number of ketones is 1. The molecule has 0 N–H and O–H groups in total. The topological polar surface area (TPSA) is 72.5 Å². The number of hydrogen-bond acceptors (Lipinski definition) is 7. The fourth-order valence-electron chi connectivity index (χ4n) is 3.96. The van der Waals surface area contributed by atoms with E-state index in [-0.39, 0.29) is 11.3 Å². The van der Waals surface area contributed by atoms with Gasteiger partial charge in [0, 0.05) is 11.6 Å². The lowest BCUT2D eigenvalue weighted by Gasteiger charge is -2.30. The first-order valence-corrected chi connectivity index (χ1v) is 14.8. The molecule has 0 radical (unpaired) electrons. The molecular weight excluding hydrogens is 544 g/mol. The van der Waals surface area contributed by atoms with Gasteiger partial charge in [-0.1, -0.05) is 0 Å². The predicted octanol–water partition coefficient (Wildman–Crippen LogP) is 9.48. The van der Waals surface area contributed by atoms with Crippen molar-refractivity contribution in [1.82, 2.24) is 0 Å². The van der Waals surface area contributed by atoms with E-state index in [4.69, 9.17) is 28.4 Å². The largest absolute Gasteiger partial charge is 0.493 e. The van der Waals surface area contributed by atoms with Gasteiger partial charge in [0.1, 0.15) is 45.1 Å². The molecular formula is C36H54O7. The molecule has 0 fully saturated rings. The van der Waals surface area contributed by atoms with Gasteiger partial charge in [0.15, 0.2) is 28.8 Å². The van der Waals surface area contributed by atoms with Crippen LogP contribution in [0.5, 0.6) is 34.5 Å². The van der Waals surface area contributed by atoms with Crippen LogP contribution in [0.3, 0.4) is 0 Å². The molecule has 0 saturated carbocycles. The molecule has 0 aliphatic carbocycles. The summed E-state index contributed by atoms with van der Waals surface area (Å²) < 4.78 is 37.2. The van der Waals surface area contributed by atoms with Crippen molar-refractivity contribution in [3.05, 3.63) is 41.5 Å². The zero-order valence-electron chi connectivity index (χ0n) is 29.3. The Balaban J connectivity index is 2.84. The molecule has 0 bridgehead atoms. The summed E-state index contributed by atoms with van der Waals surface area (Å²) in [5, 5.41) is 0. The second-order valence-electron chi connectivity index (χ2n) is 15.6. The Kier molecular flexibility index (Phi) is 10.6. The molecule has 43 heavy (non-hydrogen) atoms. The third-order valence-corrected chi connectivity index (χ3v) is 5.09. The van der Waals surface area contributed by atoms with Crippen LogP contribution >= 0.6 is 0 Å². The Morgan fingerprint density at radius 2 is 1.00 bits per heavy atom. The summed E-state index contributed by atoms with van der Waals surface area (Å²) in [5.41, 5.74) is -1.77. The van der Waals surface area contributed by atoms with Gasteiger partial charge in [-0.25, -0.2) is 0 Å². The fraction of sp³-hybridized carbons (Fsp3) is 0.583. The Labute approximate surface area is 259 Å². The van der Waals surface area contributed by atoms with E-state index < -0.39 is 28.0 Å². The molecule has 0 saturated heterocycles. The van der Waals surface area contributed by atoms with Gasteiger partial charge >= 0.3 is 0 Å². The molecule has 0 aliphatic rings. The van der Waals surface area contributed by atoms with Crippen LogP contribution in [0.4, 0.5) is 0 Å². The zero-order chi connectivity index (χ0) is 33.2. The van der Waals surface area contributed by atoms with E-state index in [1.165, 1.54) is 6.08 Å². The number of benzene rings is 2. The minimum Gasteiger partial charge on any atom is -0.493 e. The van der Waals surface area contributed by atoms with Crippen molar-refractivity contribution in [3.8, 4) is 34.5 Å². The number of ether oxygens (including phenoxy) is 6. The second kappa shape index (κ2) is 12.7. The van der Waals surface area contributed by atoms with E-state index in [2.05, 4.69) is 0 Å². The number of allylic oxidation sites excluding steroid dienone is 1. The molecule has 0 atom stereocenters. The number of hydrogen-bond donors (Lipinski definition) is 0. The molecule has 2 aromatic carbocycles. The van der Waals surface area contributed by atoms with Gasteiger partial charge in [0.25, 0.3) is 0 Å². The highest BCUT2D eigenvalue weighted by Gasteiger charge is 2.30. The number of carbonyl (C=O) groups excluding carboxylic acids is 1. The van der Waals surface area contributed by atoms with E-state index >= 15 is 0 Å². The molecule has 7 heteroatoms. The maximum Gasteiger partial charge on any atom is 0.193 e. The van der Waals surface area contributed by atoms with Gasteiger partial charge in [-0.2, -0.15) is 0 Å². The maximum atomic E-state index is 14.2. The van der Waals surface area contributed by atoms with Gasteiger partial charge in [-0.3, -0.25) is 4.79 Å². The number of carbonyl (C=O) groups is 1. The number of methoxy groups -OCH3 is 1. The summed E-state index contributed by atoms with van der Waals surface area (Å²) in [7, 11) is 1.58. The van der Waals surface area contributed by atoms with Crippen LogP contribution < -0.4 is 28.4 Å². The van der Waals surface area contributed by atoms with Crippen LogP contribution in [0.2, 0.25) is 0 Å². The highest BCUT2D eigenvalue weighted by Crippen LogP contribution is 2.43. The van der Waals surface area contributed by atoms with Crippen LogP contribution in [-0.4, -0.2) is 40.9 Å². The lowest BCUT2D eigenvalue weighted by atomic mass is 10.0. The van der Waals surface area contributed by atoms with Gasteiger partial charge in [0.2, 0.25) is 0 Å². The molecule has 240 valence electrons. The highest BCUT2D eigenvalue weighted by molar-refractivity contribution is 6.11. The Hall–Kier alpha value is -3.35. The quantitative estimate of drug-likeness (QED) is 0.210. The predicted molar refractivity (Wildman–Crippen MR) is 175 cm³/mol. The Morgan fingerprint density at radius 1 is 0.558 bits per heavy atom. The molecule has 2 aromatic rings. The van der Waals surface area contributed by atoms with Crippen molar-refractivity contribution in [2.24, 2.45) is 0 Å². The van der Waals surface area contributed by atoms with Crippen molar-refractivity contribution < 1.29 is 33.2 Å². The van der Waals surface area contributed by atoms with E-state index in [0.29, 0.717) is 40.1 Å². The Morgan fingerprint density at radius 3 is 1.47 bits per heavy atom. The van der Waals surface area contributed by atoms with Crippen LogP contribution in [0, 0.1) is 0 Å². The lowest BCUT2D eigenvalue weighted by molar-refractivity contribution is 0.0871. The molecule has 0 spiro atoms. The van der Waals surface area contributed by atoms with Gasteiger partial charge < -0.3 is 28.4 Å². The van der Waals surface area contributed by atoms with Crippen molar-refractivity contribution in [2.45, 2.75) is 132 Å². The first-order chi connectivity index (χ1) is 19.3. The first kappa shape index (κ1) is 35.8. The molecule has 2 rings (SSSR count). The second-order valence-corrected chi connectivity index (χ2v) is 15.6. The van der Waals surface area contributed by atoms with Gasteiger partial charge in [-0.15, -0.1) is 0 Å². The molecule has 0 heterocycles. The summed E-state index contributed by atoms with van der Waals surface area (Å²) in [4.78, 5) is 14.2. The van der Waals surface area contributed by atoms with E-state index in [0.717, 1.165) is 0 Å². The summed E-state index contributed by atoms with van der Waals surface area (Å²) in [5.74, 6) is 2.45. The summed E-state index contributed by atoms with van der Waals surface area (Å²) in [6.07, 6.45) is 3.20. The standard InChI is InChI=1S/C36H54O7/c1-32(2,3)39-24-21-23(30(28(22-24)38-16)42-35(10,11)12)17-18-25(37)29-26(40-33(4,5)6)19-20-27(41-34(7,8)9)31(29)43-36(13,14)15/h17-22H,1-16H3. The number of rotatable bonds is 9. The molecule has 0 unspecified atom stereocenters. The molecule has 7 nitrogen and oxygen atoms in total. The van der Waals surface area contributed by atoms with Gasteiger partial charge in [-0.05, 0) is 134 Å². The molecule has 0 aliphatic heterocycles. The van der Waals surface area contributed by atoms with E-state index in [1.807, 2.05) is 110 Å². The fourth-order valence-corrected chi connectivity index (χ4v) is 3.96. The van der Waals surface area contributed by atoms with Crippen LogP contribution in [0.1, 0.15) is 120 Å². The third-order valence-electron chi connectivity index (χ3n) is 5.09. The molecule has 0 amide bonds. The summed E-state index contributed by atoms with van der Waals surface area (Å²) in [6.45, 7) is 29.2. The van der Waals surface area contributed by atoms with Crippen molar-refractivity contribution >= 4 is 11.9 Å². The molecule has 0 aromatic heterocycles.